The van der Waals surface area contributed by atoms with Crippen LogP contribution < -0.4 is 15.5 Å². The van der Waals surface area contributed by atoms with E-state index in [-0.39, 0.29) is 23.5 Å². The van der Waals surface area contributed by atoms with Crippen LogP contribution in [-0.4, -0.2) is 40.0 Å². The molecule has 1 aromatic heterocycles. The molecule has 0 bridgehead atoms. The number of likely N-dealkylation sites (N-methyl/N-ethyl adjacent to an activating group) is 1. The molecule has 0 radical (unpaired) electrons. The maximum absolute atomic E-state index is 12.9. The van der Waals surface area contributed by atoms with Crippen LogP contribution in [0, 0.1) is 6.92 Å². The van der Waals surface area contributed by atoms with Crippen molar-refractivity contribution in [3.05, 3.63) is 95.3 Å². The number of allylic oxidation sites excluding steroid dienone is 1. The van der Waals surface area contributed by atoms with E-state index in [1.165, 1.54) is 16.8 Å². The second kappa shape index (κ2) is 10.2. The monoisotopic (exact) mass is 525 g/mol. The Morgan fingerprint density at radius 2 is 1.87 bits per heavy atom. The van der Waals surface area contributed by atoms with Crippen molar-refractivity contribution in [1.29, 1.82) is 0 Å². The van der Waals surface area contributed by atoms with Crippen molar-refractivity contribution < 1.29 is 4.79 Å². The molecular weight excluding hydrogens is 490 g/mol. The first-order valence-electron chi connectivity index (χ1n) is 13.1. The normalized spacial score (nSPS) is 20.0. The summed E-state index contributed by atoms with van der Waals surface area (Å²) in [6.45, 7) is 9.16. The standard InChI is InChI=1S/C31H35N5OS/c1-20-9-12-23(13-10-20)33-27(37)15-17-36-29(28(34-30(36)38)25-8-6-7-16-32-25)22-11-14-26-24(18-22)21(2)19-31(3,4)35(26)5/h6-14,16,18-19,28-29H,15,17H2,1-5H3,(H,33,37)(H,34,38). The summed E-state index contributed by atoms with van der Waals surface area (Å²) < 4.78 is 0. The van der Waals surface area contributed by atoms with Gasteiger partial charge in [0.05, 0.1) is 23.3 Å². The highest BCUT2D eigenvalue weighted by Gasteiger charge is 2.40. The van der Waals surface area contributed by atoms with Crippen LogP contribution in [0.1, 0.15) is 61.7 Å². The summed E-state index contributed by atoms with van der Waals surface area (Å²) >= 11 is 5.82. The van der Waals surface area contributed by atoms with E-state index in [1.807, 2.05) is 55.6 Å². The van der Waals surface area contributed by atoms with Gasteiger partial charge in [0.25, 0.3) is 0 Å². The van der Waals surface area contributed by atoms with E-state index in [0.717, 1.165) is 22.5 Å². The lowest BCUT2D eigenvalue weighted by Gasteiger charge is -2.41. The molecule has 196 valence electrons. The molecule has 2 unspecified atom stereocenters. The maximum Gasteiger partial charge on any atom is 0.226 e. The maximum atomic E-state index is 12.9. The van der Waals surface area contributed by atoms with Crippen LogP contribution in [0.4, 0.5) is 11.4 Å². The summed E-state index contributed by atoms with van der Waals surface area (Å²) in [5.74, 6) is -0.0373. The van der Waals surface area contributed by atoms with Gasteiger partial charge in [-0.1, -0.05) is 35.9 Å². The minimum Gasteiger partial charge on any atom is -0.366 e. The molecule has 38 heavy (non-hydrogen) atoms. The van der Waals surface area contributed by atoms with E-state index in [0.29, 0.717) is 18.1 Å². The molecule has 2 aliphatic heterocycles. The quantitative estimate of drug-likeness (QED) is 0.384. The summed E-state index contributed by atoms with van der Waals surface area (Å²) in [4.78, 5) is 22.0. The molecule has 2 atom stereocenters. The SMILES string of the molecule is CC1=CC(C)(C)N(C)c2ccc(C3C(c4ccccn4)NC(=S)N3CCC(=O)Nc3ccc(C)cc3)cc21. The number of pyridine rings is 1. The first kappa shape index (κ1) is 25.9. The summed E-state index contributed by atoms with van der Waals surface area (Å²) in [6, 6.07) is 20.3. The number of aryl methyl sites for hydroxylation is 1. The summed E-state index contributed by atoms with van der Waals surface area (Å²) in [5, 5.41) is 7.15. The van der Waals surface area contributed by atoms with Crippen LogP contribution in [-0.2, 0) is 4.79 Å². The van der Waals surface area contributed by atoms with Gasteiger partial charge in [-0.05, 0) is 87.4 Å². The molecule has 3 heterocycles. The molecule has 7 heteroatoms. The molecule has 2 N–H and O–H groups in total. The zero-order chi connectivity index (χ0) is 27.0. The van der Waals surface area contributed by atoms with Crippen LogP contribution in [0.15, 0.2) is 72.9 Å². The number of thiocarbonyl (C=S) groups is 1. The molecule has 1 saturated heterocycles. The Hall–Kier alpha value is -3.71. The number of aromatic nitrogens is 1. The molecular formula is C31H35N5OS. The van der Waals surface area contributed by atoms with Crippen molar-refractivity contribution in [2.24, 2.45) is 0 Å². The van der Waals surface area contributed by atoms with Crippen molar-refractivity contribution in [1.82, 2.24) is 15.2 Å². The third kappa shape index (κ3) is 5.03. The predicted octanol–water partition coefficient (Wildman–Crippen LogP) is 6.02. The molecule has 0 saturated carbocycles. The van der Waals surface area contributed by atoms with Crippen LogP contribution in [0.5, 0.6) is 0 Å². The second-order valence-corrected chi connectivity index (χ2v) is 11.2. The smallest absolute Gasteiger partial charge is 0.226 e. The number of amides is 1. The molecule has 1 amide bonds. The number of hydrogen-bond donors (Lipinski definition) is 2. The van der Waals surface area contributed by atoms with Crippen molar-refractivity contribution in [2.75, 3.05) is 23.8 Å². The van der Waals surface area contributed by atoms with Gasteiger partial charge in [-0.3, -0.25) is 9.78 Å². The first-order valence-corrected chi connectivity index (χ1v) is 13.5. The summed E-state index contributed by atoms with van der Waals surface area (Å²) in [6.07, 6.45) is 4.45. The zero-order valence-electron chi connectivity index (χ0n) is 22.7. The number of nitrogens with one attached hydrogen (secondary N) is 2. The molecule has 1 fully saturated rings. The highest BCUT2D eigenvalue weighted by Crippen LogP contribution is 2.43. The fraction of sp³-hybridized carbons (Fsp3) is 0.323. The van der Waals surface area contributed by atoms with Gasteiger partial charge in [0.15, 0.2) is 5.11 Å². The van der Waals surface area contributed by atoms with Crippen LogP contribution >= 0.6 is 12.2 Å². The number of rotatable bonds is 6. The lowest BCUT2D eigenvalue weighted by molar-refractivity contribution is -0.116. The van der Waals surface area contributed by atoms with E-state index in [2.05, 4.69) is 77.5 Å². The van der Waals surface area contributed by atoms with Gasteiger partial charge in [-0.2, -0.15) is 0 Å². The molecule has 3 aromatic rings. The van der Waals surface area contributed by atoms with Crippen molar-refractivity contribution in [3.63, 3.8) is 0 Å². The van der Waals surface area contributed by atoms with Crippen LogP contribution in [0.3, 0.4) is 0 Å². The molecule has 5 rings (SSSR count). The topological polar surface area (TPSA) is 60.5 Å². The van der Waals surface area contributed by atoms with Gasteiger partial charge in [-0.15, -0.1) is 0 Å². The molecule has 6 nitrogen and oxygen atoms in total. The van der Waals surface area contributed by atoms with Gasteiger partial charge in [0.1, 0.15) is 0 Å². The van der Waals surface area contributed by atoms with Crippen molar-refractivity contribution >= 4 is 40.2 Å². The van der Waals surface area contributed by atoms with Gasteiger partial charge in [-0.25, -0.2) is 0 Å². The lowest BCUT2D eigenvalue weighted by Crippen LogP contribution is -2.42. The summed E-state index contributed by atoms with van der Waals surface area (Å²) in [7, 11) is 2.14. The molecule has 0 aliphatic carbocycles. The van der Waals surface area contributed by atoms with Crippen LogP contribution in [0.2, 0.25) is 0 Å². The molecule has 0 spiro atoms. The Balaban J connectivity index is 1.45. The Kier molecular flexibility index (Phi) is 6.97. The summed E-state index contributed by atoms with van der Waals surface area (Å²) in [5.41, 5.74) is 7.67. The highest BCUT2D eigenvalue weighted by atomic mass is 32.1. The second-order valence-electron chi connectivity index (χ2n) is 10.8. The number of anilines is 2. The predicted molar refractivity (Wildman–Crippen MR) is 159 cm³/mol. The van der Waals surface area contributed by atoms with Gasteiger partial charge in [0, 0.05) is 43.1 Å². The van der Waals surface area contributed by atoms with Crippen LogP contribution in [0.25, 0.3) is 5.57 Å². The number of hydrogen-bond acceptors (Lipinski definition) is 4. The van der Waals surface area contributed by atoms with E-state index in [4.69, 9.17) is 12.2 Å². The Bertz CT molecular complexity index is 1380. The zero-order valence-corrected chi connectivity index (χ0v) is 23.5. The Labute approximate surface area is 230 Å². The minimum atomic E-state index is -0.121. The molecule has 2 aromatic carbocycles. The largest absolute Gasteiger partial charge is 0.366 e. The number of nitrogens with zero attached hydrogens (tertiary/aromatic N) is 3. The number of carbonyl (C=O) groups excluding carboxylic acids is 1. The number of carbonyl (C=O) groups is 1. The number of fused-ring (bicyclic) bond motifs is 1. The Morgan fingerprint density at radius 1 is 1.11 bits per heavy atom. The first-order chi connectivity index (χ1) is 18.1. The third-order valence-corrected chi connectivity index (χ3v) is 8.05. The van der Waals surface area contributed by atoms with E-state index in [9.17, 15) is 4.79 Å². The van der Waals surface area contributed by atoms with E-state index < -0.39 is 0 Å². The van der Waals surface area contributed by atoms with Gasteiger partial charge < -0.3 is 20.4 Å². The minimum absolute atomic E-state index is 0.0373. The van der Waals surface area contributed by atoms with Crippen molar-refractivity contribution in [3.8, 4) is 0 Å². The van der Waals surface area contributed by atoms with Crippen molar-refractivity contribution in [2.45, 2.75) is 51.7 Å². The average Bonchev–Trinajstić information content (AvgIpc) is 3.23. The molecule has 2 aliphatic rings. The fourth-order valence-corrected chi connectivity index (χ4v) is 5.78. The average molecular weight is 526 g/mol. The van der Waals surface area contributed by atoms with E-state index >= 15 is 0 Å². The third-order valence-electron chi connectivity index (χ3n) is 7.70. The van der Waals surface area contributed by atoms with E-state index in [1.54, 1.807) is 0 Å². The van der Waals surface area contributed by atoms with Gasteiger partial charge in [0.2, 0.25) is 5.91 Å². The number of benzene rings is 2. The fourth-order valence-electron chi connectivity index (χ4n) is 5.45. The Morgan fingerprint density at radius 3 is 2.58 bits per heavy atom. The van der Waals surface area contributed by atoms with Gasteiger partial charge >= 0.3 is 0 Å². The lowest BCUT2D eigenvalue weighted by atomic mass is 9.86. The highest BCUT2D eigenvalue weighted by molar-refractivity contribution is 7.80.